The Balaban J connectivity index is 2.10. The SMILES string of the molecule is CC(=O)c1csc(NC(=O)c2cccc(OC(F)F)c2)n1. The van der Waals surface area contributed by atoms with E-state index in [1.165, 1.54) is 36.6 Å². The molecule has 1 aromatic carbocycles. The number of anilines is 1. The fourth-order valence-electron chi connectivity index (χ4n) is 1.48. The number of hydrogen-bond donors (Lipinski definition) is 1. The third-order valence-electron chi connectivity index (χ3n) is 2.41. The van der Waals surface area contributed by atoms with Crippen LogP contribution in [0, 0.1) is 0 Å². The number of halogens is 2. The van der Waals surface area contributed by atoms with Crippen LogP contribution >= 0.6 is 11.3 Å². The number of hydrogen-bond acceptors (Lipinski definition) is 5. The van der Waals surface area contributed by atoms with Crippen LogP contribution in [0.4, 0.5) is 13.9 Å². The summed E-state index contributed by atoms with van der Waals surface area (Å²) in [6.45, 7) is -1.59. The molecule has 0 bridgehead atoms. The Bertz CT molecular complexity index is 673. The molecular weight excluding hydrogens is 302 g/mol. The third kappa shape index (κ3) is 4.06. The number of Topliss-reactive ketones (excluding diaryl/α,β-unsaturated/α-hetero) is 1. The Kier molecular flexibility index (Phi) is 4.59. The Morgan fingerprint density at radius 1 is 1.38 bits per heavy atom. The van der Waals surface area contributed by atoms with Gasteiger partial charge in [-0.05, 0) is 18.2 Å². The van der Waals surface area contributed by atoms with Gasteiger partial charge in [-0.1, -0.05) is 6.07 Å². The van der Waals surface area contributed by atoms with Gasteiger partial charge in [0.25, 0.3) is 5.91 Å². The topological polar surface area (TPSA) is 68.3 Å². The fraction of sp³-hybridized carbons (Fsp3) is 0.154. The van der Waals surface area contributed by atoms with Gasteiger partial charge >= 0.3 is 6.61 Å². The molecule has 2 aromatic rings. The van der Waals surface area contributed by atoms with Crippen molar-refractivity contribution in [1.29, 1.82) is 0 Å². The molecule has 1 N–H and O–H groups in total. The number of nitrogens with one attached hydrogen (secondary N) is 1. The maximum absolute atomic E-state index is 12.1. The van der Waals surface area contributed by atoms with Crippen molar-refractivity contribution in [2.75, 3.05) is 5.32 Å². The summed E-state index contributed by atoms with van der Waals surface area (Å²) in [4.78, 5) is 27.0. The van der Waals surface area contributed by atoms with Crippen molar-refractivity contribution < 1.29 is 23.1 Å². The minimum Gasteiger partial charge on any atom is -0.435 e. The number of ketones is 1. The van der Waals surface area contributed by atoms with Gasteiger partial charge < -0.3 is 4.74 Å². The largest absolute Gasteiger partial charge is 0.435 e. The Morgan fingerprint density at radius 2 is 2.14 bits per heavy atom. The highest BCUT2D eigenvalue weighted by Crippen LogP contribution is 2.19. The molecular formula is C13H10F2N2O3S. The van der Waals surface area contributed by atoms with Crippen LogP contribution in [0.2, 0.25) is 0 Å². The van der Waals surface area contributed by atoms with E-state index in [1.54, 1.807) is 0 Å². The molecule has 5 nitrogen and oxygen atoms in total. The van der Waals surface area contributed by atoms with Gasteiger partial charge in [0.15, 0.2) is 10.9 Å². The van der Waals surface area contributed by atoms with Gasteiger partial charge in [0.2, 0.25) is 0 Å². The van der Waals surface area contributed by atoms with E-state index in [0.29, 0.717) is 0 Å². The van der Waals surface area contributed by atoms with Crippen LogP contribution in [-0.4, -0.2) is 23.3 Å². The highest BCUT2D eigenvalue weighted by Gasteiger charge is 2.12. The lowest BCUT2D eigenvalue weighted by Gasteiger charge is -2.06. The average Bonchev–Trinajstić information content (AvgIpc) is 2.87. The first kappa shape index (κ1) is 15.0. The molecule has 110 valence electrons. The van der Waals surface area contributed by atoms with Gasteiger partial charge in [0.1, 0.15) is 11.4 Å². The van der Waals surface area contributed by atoms with Crippen molar-refractivity contribution in [3.8, 4) is 5.75 Å². The minimum absolute atomic E-state index is 0.110. The summed E-state index contributed by atoms with van der Waals surface area (Å²) in [7, 11) is 0. The molecule has 0 unspecified atom stereocenters. The number of carbonyl (C=O) groups excluding carboxylic acids is 2. The molecule has 0 aliphatic rings. The van der Waals surface area contributed by atoms with E-state index in [9.17, 15) is 18.4 Å². The molecule has 0 saturated heterocycles. The standard InChI is InChI=1S/C13H10F2N2O3S/c1-7(18)10-6-21-13(16-10)17-11(19)8-3-2-4-9(5-8)20-12(14)15/h2-6,12H,1H3,(H,16,17,19). The normalized spacial score (nSPS) is 10.5. The third-order valence-corrected chi connectivity index (χ3v) is 3.16. The molecule has 21 heavy (non-hydrogen) atoms. The van der Waals surface area contributed by atoms with Crippen LogP contribution in [0.25, 0.3) is 0 Å². The van der Waals surface area contributed by atoms with E-state index in [4.69, 9.17) is 0 Å². The summed E-state index contributed by atoms with van der Waals surface area (Å²) in [6.07, 6.45) is 0. The zero-order valence-corrected chi connectivity index (χ0v) is 11.6. The average molecular weight is 312 g/mol. The Morgan fingerprint density at radius 3 is 2.76 bits per heavy atom. The van der Waals surface area contributed by atoms with Crippen molar-refractivity contribution in [1.82, 2.24) is 4.98 Å². The first-order valence-corrected chi connectivity index (χ1v) is 6.66. The van der Waals surface area contributed by atoms with Gasteiger partial charge in [-0.25, -0.2) is 4.98 Å². The van der Waals surface area contributed by atoms with E-state index in [1.807, 2.05) is 0 Å². The fourth-order valence-corrected chi connectivity index (χ4v) is 2.22. The smallest absolute Gasteiger partial charge is 0.387 e. The van der Waals surface area contributed by atoms with Crippen LogP contribution in [0.5, 0.6) is 5.75 Å². The molecule has 0 saturated carbocycles. The number of thiazole rings is 1. The predicted octanol–water partition coefficient (Wildman–Crippen LogP) is 3.20. The molecule has 2 rings (SSSR count). The van der Waals surface area contributed by atoms with Gasteiger partial charge in [-0.15, -0.1) is 11.3 Å². The molecule has 0 aliphatic carbocycles. The van der Waals surface area contributed by atoms with Crippen LogP contribution < -0.4 is 10.1 Å². The van der Waals surface area contributed by atoms with E-state index < -0.39 is 12.5 Å². The lowest BCUT2D eigenvalue weighted by Crippen LogP contribution is -2.12. The summed E-state index contributed by atoms with van der Waals surface area (Å²) >= 11 is 1.10. The highest BCUT2D eigenvalue weighted by molar-refractivity contribution is 7.14. The number of alkyl halides is 2. The summed E-state index contributed by atoms with van der Waals surface area (Å²) < 4.78 is 28.5. The van der Waals surface area contributed by atoms with E-state index in [2.05, 4.69) is 15.0 Å². The number of amides is 1. The van der Waals surface area contributed by atoms with Crippen LogP contribution in [0.3, 0.4) is 0 Å². The van der Waals surface area contributed by atoms with Gasteiger partial charge in [-0.2, -0.15) is 8.78 Å². The zero-order valence-electron chi connectivity index (χ0n) is 10.8. The maximum atomic E-state index is 12.1. The molecule has 8 heteroatoms. The molecule has 0 atom stereocenters. The van der Waals surface area contributed by atoms with Crippen molar-refractivity contribution in [2.45, 2.75) is 13.5 Å². The minimum atomic E-state index is -2.96. The number of carbonyl (C=O) groups is 2. The van der Waals surface area contributed by atoms with Gasteiger partial charge in [0.05, 0.1) is 0 Å². The molecule has 0 spiro atoms. The van der Waals surface area contributed by atoms with Crippen LogP contribution in [0.15, 0.2) is 29.6 Å². The number of benzene rings is 1. The first-order chi connectivity index (χ1) is 9.95. The lowest BCUT2D eigenvalue weighted by atomic mass is 10.2. The summed E-state index contributed by atoms with van der Waals surface area (Å²) in [5.41, 5.74) is 0.401. The molecule has 0 radical (unpaired) electrons. The quantitative estimate of drug-likeness (QED) is 0.861. The van der Waals surface area contributed by atoms with Crippen LogP contribution in [-0.2, 0) is 0 Å². The predicted molar refractivity (Wildman–Crippen MR) is 73.1 cm³/mol. The second-order valence-electron chi connectivity index (χ2n) is 3.95. The van der Waals surface area contributed by atoms with Crippen LogP contribution in [0.1, 0.15) is 27.8 Å². The molecule has 0 fully saturated rings. The molecule has 0 aliphatic heterocycles. The van der Waals surface area contributed by atoms with E-state index >= 15 is 0 Å². The van der Waals surface area contributed by atoms with Crippen molar-refractivity contribution in [2.24, 2.45) is 0 Å². The van der Waals surface area contributed by atoms with Gasteiger partial charge in [-0.3, -0.25) is 14.9 Å². The van der Waals surface area contributed by atoms with E-state index in [-0.39, 0.29) is 27.9 Å². The molecule has 1 aromatic heterocycles. The summed E-state index contributed by atoms with van der Waals surface area (Å²) in [5.74, 6) is -0.848. The molecule has 1 amide bonds. The zero-order chi connectivity index (χ0) is 15.4. The number of nitrogens with zero attached hydrogens (tertiary/aromatic N) is 1. The number of aromatic nitrogens is 1. The number of rotatable bonds is 5. The van der Waals surface area contributed by atoms with E-state index in [0.717, 1.165) is 11.3 Å². The molecule has 1 heterocycles. The number of ether oxygens (including phenoxy) is 1. The van der Waals surface area contributed by atoms with Crippen molar-refractivity contribution >= 4 is 28.2 Å². The second kappa shape index (κ2) is 6.40. The van der Waals surface area contributed by atoms with Crippen molar-refractivity contribution in [3.63, 3.8) is 0 Å². The summed E-state index contributed by atoms with van der Waals surface area (Å²) in [5, 5.41) is 4.26. The highest BCUT2D eigenvalue weighted by atomic mass is 32.1. The monoisotopic (exact) mass is 312 g/mol. The second-order valence-corrected chi connectivity index (χ2v) is 4.81. The first-order valence-electron chi connectivity index (χ1n) is 5.78. The lowest BCUT2D eigenvalue weighted by molar-refractivity contribution is -0.0498. The summed E-state index contributed by atoms with van der Waals surface area (Å²) in [6, 6.07) is 5.39. The van der Waals surface area contributed by atoms with Crippen molar-refractivity contribution in [3.05, 3.63) is 40.9 Å². The Labute approximate surface area is 122 Å². The Hall–Kier alpha value is -2.35. The maximum Gasteiger partial charge on any atom is 0.387 e. The van der Waals surface area contributed by atoms with Gasteiger partial charge in [0, 0.05) is 17.9 Å².